The van der Waals surface area contributed by atoms with Crippen molar-refractivity contribution in [3.8, 4) is 0 Å². The maximum absolute atomic E-state index is 11.5. The number of carboxylic acids is 1. The molecule has 0 heterocycles. The van der Waals surface area contributed by atoms with E-state index >= 15 is 0 Å². The molecule has 1 aliphatic carbocycles. The van der Waals surface area contributed by atoms with Gasteiger partial charge in [0.25, 0.3) is 0 Å². The predicted octanol–water partition coefficient (Wildman–Crippen LogP) is 1.42. The predicted molar refractivity (Wildman–Crippen MR) is 55.9 cm³/mol. The Morgan fingerprint density at radius 1 is 1.38 bits per heavy atom. The van der Waals surface area contributed by atoms with Crippen molar-refractivity contribution >= 4 is 11.9 Å². The lowest BCUT2D eigenvalue weighted by atomic mass is 9.99. The van der Waals surface area contributed by atoms with Gasteiger partial charge in [-0.1, -0.05) is 30.3 Å². The molecule has 1 aromatic rings. The molecular weight excluding hydrogens is 208 g/mol. The highest BCUT2D eigenvalue weighted by Crippen LogP contribution is 2.60. The Labute approximate surface area is 92.8 Å². The Bertz CT molecular complexity index is 426. The van der Waals surface area contributed by atoms with Gasteiger partial charge in [-0.05, 0) is 12.0 Å². The molecule has 1 N–H and O–H groups in total. The lowest BCUT2D eigenvalue weighted by Crippen LogP contribution is -2.28. The number of rotatable bonds is 3. The number of hydrogen-bond acceptors (Lipinski definition) is 3. The van der Waals surface area contributed by atoms with Gasteiger partial charge in [0.15, 0.2) is 5.41 Å². The Morgan fingerprint density at radius 3 is 2.50 bits per heavy atom. The van der Waals surface area contributed by atoms with Crippen LogP contribution in [-0.2, 0) is 14.3 Å². The third kappa shape index (κ3) is 1.38. The van der Waals surface area contributed by atoms with Crippen molar-refractivity contribution in [3.63, 3.8) is 0 Å². The average molecular weight is 220 g/mol. The van der Waals surface area contributed by atoms with Crippen LogP contribution in [0.15, 0.2) is 30.3 Å². The SMILES string of the molecule is COC(=O)C1(C(=O)O)C[C@@H]1c1ccccc1. The van der Waals surface area contributed by atoms with Gasteiger partial charge in [0.2, 0.25) is 0 Å². The number of carbonyl (C=O) groups is 2. The van der Waals surface area contributed by atoms with E-state index in [2.05, 4.69) is 4.74 Å². The quantitative estimate of drug-likeness (QED) is 0.618. The van der Waals surface area contributed by atoms with Crippen LogP contribution < -0.4 is 0 Å². The first-order valence-corrected chi connectivity index (χ1v) is 4.99. The van der Waals surface area contributed by atoms with Gasteiger partial charge < -0.3 is 9.84 Å². The molecule has 1 saturated carbocycles. The molecule has 16 heavy (non-hydrogen) atoms. The van der Waals surface area contributed by atoms with E-state index in [0.29, 0.717) is 6.42 Å². The van der Waals surface area contributed by atoms with Crippen LogP contribution in [0.1, 0.15) is 17.9 Å². The smallest absolute Gasteiger partial charge is 0.323 e. The van der Waals surface area contributed by atoms with Crippen LogP contribution in [0.25, 0.3) is 0 Å². The molecule has 0 spiro atoms. The number of ether oxygens (including phenoxy) is 1. The summed E-state index contributed by atoms with van der Waals surface area (Å²) in [5.74, 6) is -2.03. The van der Waals surface area contributed by atoms with Crippen molar-refractivity contribution in [1.82, 2.24) is 0 Å². The fraction of sp³-hybridized carbons (Fsp3) is 0.333. The van der Waals surface area contributed by atoms with Crippen molar-refractivity contribution in [1.29, 1.82) is 0 Å². The minimum absolute atomic E-state index is 0.265. The van der Waals surface area contributed by atoms with Crippen molar-refractivity contribution in [3.05, 3.63) is 35.9 Å². The molecule has 1 fully saturated rings. The molecule has 4 nitrogen and oxygen atoms in total. The van der Waals surface area contributed by atoms with Crippen molar-refractivity contribution in [2.24, 2.45) is 5.41 Å². The second kappa shape index (κ2) is 3.63. The number of benzene rings is 1. The Hall–Kier alpha value is -1.84. The number of aliphatic carboxylic acids is 1. The molecule has 1 aromatic carbocycles. The van der Waals surface area contributed by atoms with Gasteiger partial charge in [0.05, 0.1) is 7.11 Å². The van der Waals surface area contributed by atoms with E-state index < -0.39 is 17.4 Å². The first-order valence-electron chi connectivity index (χ1n) is 4.99. The third-order valence-corrected chi connectivity index (χ3v) is 3.09. The fourth-order valence-corrected chi connectivity index (χ4v) is 2.08. The van der Waals surface area contributed by atoms with Gasteiger partial charge >= 0.3 is 11.9 Å². The van der Waals surface area contributed by atoms with Gasteiger partial charge in [-0.15, -0.1) is 0 Å². The number of carboxylic acid groups (broad SMARTS) is 1. The largest absolute Gasteiger partial charge is 0.480 e. The van der Waals surface area contributed by atoms with Gasteiger partial charge in [-0.2, -0.15) is 0 Å². The summed E-state index contributed by atoms with van der Waals surface area (Å²) in [5.41, 5.74) is -0.494. The molecule has 0 aromatic heterocycles. The van der Waals surface area contributed by atoms with Crippen LogP contribution in [0, 0.1) is 5.41 Å². The van der Waals surface area contributed by atoms with E-state index in [0.717, 1.165) is 5.56 Å². The summed E-state index contributed by atoms with van der Waals surface area (Å²) >= 11 is 0. The first kappa shape index (κ1) is 10.7. The zero-order valence-corrected chi connectivity index (χ0v) is 8.84. The standard InChI is InChI=1S/C12H12O4/c1-16-11(15)12(10(13)14)7-9(12)8-5-3-2-4-6-8/h2-6,9H,7H2,1H3,(H,13,14)/t9-,12?/m1/s1. The third-order valence-electron chi connectivity index (χ3n) is 3.09. The van der Waals surface area contributed by atoms with Gasteiger partial charge in [0.1, 0.15) is 0 Å². The van der Waals surface area contributed by atoms with Crippen LogP contribution in [-0.4, -0.2) is 24.2 Å². The van der Waals surface area contributed by atoms with Gasteiger partial charge in [-0.25, -0.2) is 0 Å². The maximum Gasteiger partial charge on any atom is 0.323 e. The highest BCUT2D eigenvalue weighted by Gasteiger charge is 2.67. The number of methoxy groups -OCH3 is 1. The van der Waals surface area contributed by atoms with E-state index in [-0.39, 0.29) is 5.92 Å². The van der Waals surface area contributed by atoms with Crippen LogP contribution in [0.3, 0.4) is 0 Å². The normalized spacial score (nSPS) is 27.2. The molecule has 1 aliphatic rings. The monoisotopic (exact) mass is 220 g/mol. The summed E-state index contributed by atoms with van der Waals surface area (Å²) in [5, 5.41) is 9.14. The Morgan fingerprint density at radius 2 is 2.00 bits per heavy atom. The summed E-state index contributed by atoms with van der Waals surface area (Å²) in [7, 11) is 1.22. The molecule has 0 amide bonds. The van der Waals surface area contributed by atoms with E-state index in [1.54, 1.807) is 0 Å². The van der Waals surface area contributed by atoms with Crippen LogP contribution >= 0.6 is 0 Å². The highest BCUT2D eigenvalue weighted by atomic mass is 16.5. The molecule has 84 valence electrons. The Kier molecular flexibility index (Phi) is 2.42. The van der Waals surface area contributed by atoms with E-state index in [4.69, 9.17) is 5.11 Å². The van der Waals surface area contributed by atoms with Crippen LogP contribution in [0.5, 0.6) is 0 Å². The minimum Gasteiger partial charge on any atom is -0.480 e. The molecule has 4 heteroatoms. The average Bonchev–Trinajstić information content (AvgIpc) is 3.06. The second-order valence-electron chi connectivity index (χ2n) is 3.94. The summed E-state index contributed by atoms with van der Waals surface area (Å²) in [6.45, 7) is 0. The fourth-order valence-electron chi connectivity index (χ4n) is 2.08. The van der Waals surface area contributed by atoms with Crippen molar-refractivity contribution in [2.45, 2.75) is 12.3 Å². The molecule has 0 saturated heterocycles. The lowest BCUT2D eigenvalue weighted by molar-refractivity contribution is -0.159. The number of esters is 1. The van der Waals surface area contributed by atoms with E-state index in [9.17, 15) is 9.59 Å². The molecule has 0 bridgehead atoms. The van der Waals surface area contributed by atoms with Crippen molar-refractivity contribution in [2.75, 3.05) is 7.11 Å². The van der Waals surface area contributed by atoms with Gasteiger partial charge in [0, 0.05) is 5.92 Å². The van der Waals surface area contributed by atoms with Crippen LogP contribution in [0.2, 0.25) is 0 Å². The topological polar surface area (TPSA) is 63.6 Å². The van der Waals surface area contributed by atoms with E-state index in [1.165, 1.54) is 7.11 Å². The summed E-state index contributed by atoms with van der Waals surface area (Å²) < 4.78 is 4.57. The molecular formula is C12H12O4. The summed E-state index contributed by atoms with van der Waals surface area (Å²) in [6, 6.07) is 9.18. The molecule has 0 radical (unpaired) electrons. The summed E-state index contributed by atoms with van der Waals surface area (Å²) in [4.78, 5) is 22.7. The number of hydrogen-bond donors (Lipinski definition) is 1. The molecule has 1 unspecified atom stereocenters. The zero-order valence-electron chi connectivity index (χ0n) is 8.84. The lowest BCUT2D eigenvalue weighted by Gasteiger charge is -2.09. The zero-order chi connectivity index (χ0) is 11.8. The summed E-state index contributed by atoms with van der Waals surface area (Å²) in [6.07, 6.45) is 0.318. The molecule has 2 atom stereocenters. The van der Waals surface area contributed by atoms with Gasteiger partial charge in [-0.3, -0.25) is 9.59 Å². The first-order chi connectivity index (χ1) is 7.63. The number of carbonyl (C=O) groups excluding carboxylic acids is 1. The minimum atomic E-state index is -1.36. The highest BCUT2D eigenvalue weighted by molar-refractivity contribution is 6.04. The molecule has 2 rings (SSSR count). The van der Waals surface area contributed by atoms with E-state index in [1.807, 2.05) is 30.3 Å². The Balaban J connectivity index is 2.30. The maximum atomic E-state index is 11.5. The van der Waals surface area contributed by atoms with Crippen LogP contribution in [0.4, 0.5) is 0 Å². The molecule has 0 aliphatic heterocycles. The second-order valence-corrected chi connectivity index (χ2v) is 3.94. The van der Waals surface area contributed by atoms with Crippen molar-refractivity contribution < 1.29 is 19.4 Å².